The van der Waals surface area contributed by atoms with Crippen molar-refractivity contribution in [2.75, 3.05) is 33.0 Å². The molecule has 0 saturated carbocycles. The predicted molar refractivity (Wildman–Crippen MR) is 79.9 cm³/mol. The van der Waals surface area contributed by atoms with Crippen molar-refractivity contribution in [2.45, 2.75) is 19.4 Å². The molecule has 0 aromatic heterocycles. The highest BCUT2D eigenvalue weighted by molar-refractivity contribution is 5.98. The highest BCUT2D eigenvalue weighted by Crippen LogP contribution is 2.22. The number of piperidine rings is 1. The first-order valence-corrected chi connectivity index (χ1v) is 6.94. The van der Waals surface area contributed by atoms with Gasteiger partial charge in [0.15, 0.2) is 0 Å². The van der Waals surface area contributed by atoms with E-state index in [9.17, 15) is 4.79 Å². The van der Waals surface area contributed by atoms with E-state index in [4.69, 9.17) is 10.5 Å². The number of carbonyl (C=O) groups is 1. The van der Waals surface area contributed by atoms with Gasteiger partial charge in [-0.15, -0.1) is 0 Å². The van der Waals surface area contributed by atoms with Crippen LogP contribution in [0.15, 0.2) is 18.2 Å². The van der Waals surface area contributed by atoms with Crippen molar-refractivity contribution in [3.63, 3.8) is 0 Å². The molecule has 1 fully saturated rings. The molecule has 0 radical (unpaired) electrons. The zero-order valence-electron chi connectivity index (χ0n) is 12.3. The molecule has 0 bridgehead atoms. The van der Waals surface area contributed by atoms with E-state index in [0.29, 0.717) is 22.9 Å². The van der Waals surface area contributed by atoms with Crippen LogP contribution in [-0.4, -0.2) is 44.1 Å². The topological polar surface area (TPSA) is 67.6 Å². The van der Waals surface area contributed by atoms with Crippen molar-refractivity contribution in [3.05, 3.63) is 23.8 Å². The minimum absolute atomic E-state index is 0.115. The minimum atomic E-state index is -0.115. The average Bonchev–Trinajstić information content (AvgIpc) is 2.41. The van der Waals surface area contributed by atoms with Gasteiger partial charge in [-0.3, -0.25) is 4.79 Å². The molecule has 2 rings (SSSR count). The summed E-state index contributed by atoms with van der Waals surface area (Å²) in [6.45, 7) is 4.17. The number of likely N-dealkylation sites (tertiary alicyclic amines) is 1. The molecular weight excluding hydrogens is 254 g/mol. The monoisotopic (exact) mass is 277 g/mol. The number of hydrogen-bond acceptors (Lipinski definition) is 4. The fourth-order valence-corrected chi connectivity index (χ4v) is 2.72. The molecule has 2 atom stereocenters. The van der Waals surface area contributed by atoms with Crippen LogP contribution in [0.1, 0.15) is 23.7 Å². The Bertz CT molecular complexity index is 490. The number of ether oxygens (including phenoxy) is 1. The Morgan fingerprint density at radius 3 is 2.90 bits per heavy atom. The van der Waals surface area contributed by atoms with E-state index in [0.717, 1.165) is 19.5 Å². The quantitative estimate of drug-likeness (QED) is 0.818. The molecule has 110 valence electrons. The molecule has 1 amide bonds. The van der Waals surface area contributed by atoms with Gasteiger partial charge in [0, 0.05) is 18.3 Å². The maximum atomic E-state index is 12.4. The van der Waals surface area contributed by atoms with Crippen LogP contribution in [0.3, 0.4) is 0 Å². The summed E-state index contributed by atoms with van der Waals surface area (Å²) in [4.78, 5) is 14.7. The fourth-order valence-electron chi connectivity index (χ4n) is 2.72. The molecule has 5 nitrogen and oxygen atoms in total. The summed E-state index contributed by atoms with van der Waals surface area (Å²) in [7, 11) is 3.66. The number of rotatable bonds is 3. The molecule has 1 saturated heterocycles. The maximum Gasteiger partial charge on any atom is 0.255 e. The summed E-state index contributed by atoms with van der Waals surface area (Å²) >= 11 is 0. The third-order valence-corrected chi connectivity index (χ3v) is 3.89. The van der Waals surface area contributed by atoms with Gasteiger partial charge in [-0.1, -0.05) is 6.92 Å². The Balaban J connectivity index is 2.10. The number of methoxy groups -OCH3 is 1. The second-order valence-corrected chi connectivity index (χ2v) is 5.57. The Morgan fingerprint density at radius 1 is 1.50 bits per heavy atom. The third-order valence-electron chi connectivity index (χ3n) is 3.89. The normalized spacial score (nSPS) is 23.4. The van der Waals surface area contributed by atoms with E-state index in [2.05, 4.69) is 24.2 Å². The van der Waals surface area contributed by atoms with Crippen LogP contribution in [0.2, 0.25) is 0 Å². The number of nitrogens with one attached hydrogen (secondary N) is 1. The lowest BCUT2D eigenvalue weighted by Crippen LogP contribution is -2.48. The van der Waals surface area contributed by atoms with Gasteiger partial charge >= 0.3 is 0 Å². The standard InChI is InChI=1S/C15H23N3O2/c1-10-9-18(2)7-6-13(10)17-15(19)12-8-11(16)4-5-14(12)20-3/h4-5,8,10,13H,6-7,9,16H2,1-3H3,(H,17,19). The SMILES string of the molecule is COc1ccc(N)cc1C(=O)NC1CCN(C)CC1C. The molecule has 1 aliphatic rings. The molecule has 0 aliphatic carbocycles. The predicted octanol–water partition coefficient (Wildman–Crippen LogP) is 1.35. The van der Waals surface area contributed by atoms with Gasteiger partial charge in [-0.2, -0.15) is 0 Å². The number of nitrogens with zero attached hydrogens (tertiary/aromatic N) is 1. The highest BCUT2D eigenvalue weighted by Gasteiger charge is 2.26. The van der Waals surface area contributed by atoms with Gasteiger partial charge < -0.3 is 20.7 Å². The first-order chi connectivity index (χ1) is 9.51. The van der Waals surface area contributed by atoms with Crippen molar-refractivity contribution in [2.24, 2.45) is 5.92 Å². The molecule has 1 aromatic rings. The average molecular weight is 277 g/mol. The largest absolute Gasteiger partial charge is 0.496 e. The van der Waals surface area contributed by atoms with Crippen molar-refractivity contribution in [1.82, 2.24) is 10.2 Å². The maximum absolute atomic E-state index is 12.4. The smallest absolute Gasteiger partial charge is 0.255 e. The second-order valence-electron chi connectivity index (χ2n) is 5.57. The van der Waals surface area contributed by atoms with Gasteiger partial charge in [-0.05, 0) is 44.1 Å². The van der Waals surface area contributed by atoms with Crippen LogP contribution in [0.25, 0.3) is 0 Å². The molecule has 1 heterocycles. The van der Waals surface area contributed by atoms with Crippen LogP contribution >= 0.6 is 0 Å². The first-order valence-electron chi connectivity index (χ1n) is 6.94. The Hall–Kier alpha value is -1.75. The molecule has 1 aliphatic heterocycles. The Kier molecular flexibility index (Phi) is 4.49. The summed E-state index contributed by atoms with van der Waals surface area (Å²) in [5.41, 5.74) is 6.82. The molecule has 5 heteroatoms. The molecule has 2 unspecified atom stereocenters. The minimum Gasteiger partial charge on any atom is -0.496 e. The zero-order valence-corrected chi connectivity index (χ0v) is 12.3. The summed E-state index contributed by atoms with van der Waals surface area (Å²) in [5, 5.41) is 3.11. The number of benzene rings is 1. The van der Waals surface area contributed by atoms with E-state index in [1.165, 1.54) is 0 Å². The van der Waals surface area contributed by atoms with Gasteiger partial charge in [0.2, 0.25) is 0 Å². The van der Waals surface area contributed by atoms with E-state index in [1.54, 1.807) is 25.3 Å². The van der Waals surface area contributed by atoms with Gasteiger partial charge in [-0.25, -0.2) is 0 Å². The first kappa shape index (κ1) is 14.7. The molecular formula is C15H23N3O2. The van der Waals surface area contributed by atoms with E-state index in [1.807, 2.05) is 0 Å². The highest BCUT2D eigenvalue weighted by atomic mass is 16.5. The van der Waals surface area contributed by atoms with E-state index < -0.39 is 0 Å². The van der Waals surface area contributed by atoms with Crippen molar-refractivity contribution < 1.29 is 9.53 Å². The lowest BCUT2D eigenvalue weighted by Gasteiger charge is -2.35. The van der Waals surface area contributed by atoms with Crippen molar-refractivity contribution in [3.8, 4) is 5.75 Å². The van der Waals surface area contributed by atoms with E-state index >= 15 is 0 Å². The summed E-state index contributed by atoms with van der Waals surface area (Å²) < 4.78 is 5.23. The summed E-state index contributed by atoms with van der Waals surface area (Å²) in [6.07, 6.45) is 0.966. The molecule has 3 N–H and O–H groups in total. The number of carbonyl (C=O) groups excluding carboxylic acids is 1. The second kappa shape index (κ2) is 6.13. The van der Waals surface area contributed by atoms with Crippen LogP contribution in [0.4, 0.5) is 5.69 Å². The molecule has 20 heavy (non-hydrogen) atoms. The summed E-state index contributed by atoms with van der Waals surface area (Å²) in [5.74, 6) is 0.873. The van der Waals surface area contributed by atoms with Crippen molar-refractivity contribution in [1.29, 1.82) is 0 Å². The third kappa shape index (κ3) is 3.22. The lowest BCUT2D eigenvalue weighted by atomic mass is 9.94. The number of amides is 1. The number of hydrogen-bond donors (Lipinski definition) is 2. The van der Waals surface area contributed by atoms with Crippen molar-refractivity contribution >= 4 is 11.6 Å². The Labute approximate surface area is 120 Å². The fraction of sp³-hybridized carbons (Fsp3) is 0.533. The van der Waals surface area contributed by atoms with Crippen LogP contribution in [-0.2, 0) is 0 Å². The van der Waals surface area contributed by atoms with Crippen LogP contribution < -0.4 is 15.8 Å². The van der Waals surface area contributed by atoms with Gasteiger partial charge in [0.25, 0.3) is 5.91 Å². The number of nitrogens with two attached hydrogens (primary N) is 1. The van der Waals surface area contributed by atoms with Gasteiger partial charge in [0.1, 0.15) is 5.75 Å². The molecule has 1 aromatic carbocycles. The van der Waals surface area contributed by atoms with Gasteiger partial charge in [0.05, 0.1) is 12.7 Å². The molecule has 0 spiro atoms. The summed E-state index contributed by atoms with van der Waals surface area (Å²) in [6, 6.07) is 5.31. The number of nitrogen functional groups attached to an aromatic ring is 1. The zero-order chi connectivity index (χ0) is 14.7. The van der Waals surface area contributed by atoms with Crippen LogP contribution in [0.5, 0.6) is 5.75 Å². The van der Waals surface area contributed by atoms with Crippen LogP contribution in [0, 0.1) is 5.92 Å². The lowest BCUT2D eigenvalue weighted by molar-refractivity contribution is 0.0881. The number of anilines is 1. The Morgan fingerprint density at radius 2 is 2.25 bits per heavy atom. The van der Waals surface area contributed by atoms with E-state index in [-0.39, 0.29) is 11.9 Å².